The summed E-state index contributed by atoms with van der Waals surface area (Å²) in [5, 5.41) is 17.8. The van der Waals surface area contributed by atoms with Gasteiger partial charge >= 0.3 is 0 Å². The molecule has 0 fully saturated rings. The average Bonchev–Trinajstić information content (AvgIpc) is 3.04. The monoisotopic (exact) mass is 276 g/mol. The van der Waals surface area contributed by atoms with E-state index >= 15 is 0 Å². The minimum absolute atomic E-state index is 0.466. The molecule has 1 aromatic heterocycles. The first-order chi connectivity index (χ1) is 10.3. The molecule has 0 aliphatic heterocycles. The Labute approximate surface area is 123 Å². The molecule has 3 rings (SSSR count). The van der Waals surface area contributed by atoms with Crippen molar-refractivity contribution >= 4 is 0 Å². The van der Waals surface area contributed by atoms with Gasteiger partial charge in [-0.05, 0) is 11.6 Å². The molecular weight excluding hydrogens is 262 g/mol. The van der Waals surface area contributed by atoms with Crippen LogP contribution in [0.1, 0.15) is 11.8 Å². The second kappa shape index (κ2) is 5.73. The number of nitrogens with zero attached hydrogens (tertiary/aromatic N) is 3. The third-order valence-corrected chi connectivity index (χ3v) is 3.25. The fourth-order valence-corrected chi connectivity index (χ4v) is 2.22. The number of aliphatic hydroxyl groups excluding tert-OH is 1. The van der Waals surface area contributed by atoms with Gasteiger partial charge in [-0.25, -0.2) is 4.68 Å². The minimum Gasteiger partial charge on any atom is -0.383 e. The van der Waals surface area contributed by atoms with Gasteiger partial charge in [-0.3, -0.25) is 0 Å². The standard InChI is InChI=1S/C17H14N3O/c1-2-17(21)16-12-18-19-20(16)15-11-7-6-10-14(15)13-8-4-3-5-9-13/h2-11,17,21H,1H2. The van der Waals surface area contributed by atoms with E-state index in [-0.39, 0.29) is 0 Å². The van der Waals surface area contributed by atoms with Gasteiger partial charge in [0.1, 0.15) is 18.0 Å². The largest absolute Gasteiger partial charge is 0.383 e. The van der Waals surface area contributed by atoms with Gasteiger partial charge in [0, 0.05) is 5.56 Å². The van der Waals surface area contributed by atoms with E-state index in [1.54, 1.807) is 4.68 Å². The van der Waals surface area contributed by atoms with Gasteiger partial charge in [0.25, 0.3) is 0 Å². The molecule has 4 nitrogen and oxygen atoms in total. The normalized spacial score (nSPS) is 12.0. The topological polar surface area (TPSA) is 50.9 Å². The van der Waals surface area contributed by atoms with Gasteiger partial charge in [0.2, 0.25) is 0 Å². The van der Waals surface area contributed by atoms with Crippen LogP contribution in [0.15, 0.2) is 67.3 Å². The molecule has 0 spiro atoms. The van der Waals surface area contributed by atoms with Crippen molar-refractivity contribution in [1.82, 2.24) is 15.0 Å². The summed E-state index contributed by atoms with van der Waals surface area (Å²) in [5.41, 5.74) is 3.39. The molecule has 21 heavy (non-hydrogen) atoms. The van der Waals surface area contributed by atoms with Crippen molar-refractivity contribution in [3.8, 4) is 16.8 Å². The molecule has 2 aromatic carbocycles. The fourth-order valence-electron chi connectivity index (χ4n) is 2.22. The Balaban J connectivity index is 2.17. The molecular formula is C17H14N3O. The van der Waals surface area contributed by atoms with Gasteiger partial charge in [0.05, 0.1) is 5.69 Å². The number of benzene rings is 2. The number of para-hydroxylation sites is 1. The van der Waals surface area contributed by atoms with Crippen molar-refractivity contribution in [2.24, 2.45) is 0 Å². The molecule has 3 aromatic rings. The Morgan fingerprint density at radius 2 is 1.81 bits per heavy atom. The summed E-state index contributed by atoms with van der Waals surface area (Å²) in [4.78, 5) is 0. The molecule has 0 amide bonds. The van der Waals surface area contributed by atoms with Crippen LogP contribution in [0.3, 0.4) is 0 Å². The lowest BCUT2D eigenvalue weighted by Gasteiger charge is -2.13. The lowest BCUT2D eigenvalue weighted by molar-refractivity contribution is 0.220. The smallest absolute Gasteiger partial charge is 0.142 e. The Morgan fingerprint density at radius 3 is 2.57 bits per heavy atom. The first-order valence-electron chi connectivity index (χ1n) is 6.60. The fraction of sp³-hybridized carbons (Fsp3) is 0.0588. The van der Waals surface area contributed by atoms with Crippen molar-refractivity contribution in [2.45, 2.75) is 6.10 Å². The molecule has 0 saturated carbocycles. The predicted octanol–water partition coefficient (Wildman–Crippen LogP) is 2.95. The SMILES string of the molecule is C=CC(O)c1[c]nnn1-c1ccccc1-c1ccccc1. The van der Waals surface area contributed by atoms with Crippen LogP contribution >= 0.6 is 0 Å². The van der Waals surface area contributed by atoms with Crippen molar-refractivity contribution in [2.75, 3.05) is 0 Å². The molecule has 0 saturated heterocycles. The molecule has 1 N–H and O–H groups in total. The number of hydrogen-bond acceptors (Lipinski definition) is 3. The van der Waals surface area contributed by atoms with E-state index in [9.17, 15) is 5.11 Å². The van der Waals surface area contributed by atoms with Crippen LogP contribution in [0.4, 0.5) is 0 Å². The zero-order valence-electron chi connectivity index (χ0n) is 11.3. The Kier molecular flexibility index (Phi) is 3.62. The van der Waals surface area contributed by atoms with Crippen molar-refractivity contribution in [1.29, 1.82) is 0 Å². The van der Waals surface area contributed by atoms with Crippen molar-refractivity contribution in [3.05, 3.63) is 79.1 Å². The second-order valence-electron chi connectivity index (χ2n) is 4.56. The summed E-state index contributed by atoms with van der Waals surface area (Å²) < 4.78 is 1.59. The summed E-state index contributed by atoms with van der Waals surface area (Å²) in [6, 6.07) is 17.8. The molecule has 0 bridgehead atoms. The van der Waals surface area contributed by atoms with E-state index in [0.29, 0.717) is 5.69 Å². The van der Waals surface area contributed by atoms with Crippen LogP contribution < -0.4 is 0 Å². The molecule has 1 heterocycles. The van der Waals surface area contributed by atoms with Gasteiger partial charge in [0.15, 0.2) is 0 Å². The maximum atomic E-state index is 9.97. The van der Waals surface area contributed by atoms with E-state index < -0.39 is 6.10 Å². The van der Waals surface area contributed by atoms with Crippen molar-refractivity contribution in [3.63, 3.8) is 0 Å². The van der Waals surface area contributed by atoms with Crippen LogP contribution in [0.25, 0.3) is 16.8 Å². The Hall–Kier alpha value is -2.72. The van der Waals surface area contributed by atoms with Gasteiger partial charge in [-0.2, -0.15) is 0 Å². The number of hydrogen-bond donors (Lipinski definition) is 1. The summed E-state index contributed by atoms with van der Waals surface area (Å²) in [6.07, 6.45) is 3.28. The van der Waals surface area contributed by atoms with E-state index in [4.69, 9.17) is 0 Å². The predicted molar refractivity (Wildman–Crippen MR) is 80.8 cm³/mol. The highest BCUT2D eigenvalue weighted by molar-refractivity contribution is 5.72. The van der Waals surface area contributed by atoms with Gasteiger partial charge in [-0.15, -0.1) is 11.7 Å². The van der Waals surface area contributed by atoms with Crippen LogP contribution in [-0.4, -0.2) is 20.1 Å². The quantitative estimate of drug-likeness (QED) is 0.745. The Bertz CT molecular complexity index is 749. The summed E-state index contributed by atoms with van der Waals surface area (Å²) in [5.74, 6) is 0. The first kappa shape index (κ1) is 13.3. The molecule has 1 unspecified atom stereocenters. The van der Waals surface area contributed by atoms with E-state index in [1.807, 2.05) is 54.6 Å². The van der Waals surface area contributed by atoms with E-state index in [1.165, 1.54) is 6.08 Å². The molecule has 0 aliphatic carbocycles. The minimum atomic E-state index is -0.858. The van der Waals surface area contributed by atoms with Crippen LogP contribution in [0.5, 0.6) is 0 Å². The molecule has 103 valence electrons. The highest BCUT2D eigenvalue weighted by Crippen LogP contribution is 2.27. The van der Waals surface area contributed by atoms with E-state index in [0.717, 1.165) is 16.8 Å². The number of aliphatic hydroxyl groups is 1. The van der Waals surface area contributed by atoms with Crippen LogP contribution in [0.2, 0.25) is 0 Å². The van der Waals surface area contributed by atoms with Crippen LogP contribution in [-0.2, 0) is 0 Å². The zero-order chi connectivity index (χ0) is 14.7. The lowest BCUT2D eigenvalue weighted by Crippen LogP contribution is -2.07. The van der Waals surface area contributed by atoms with E-state index in [2.05, 4.69) is 23.1 Å². The zero-order valence-corrected chi connectivity index (χ0v) is 11.3. The van der Waals surface area contributed by atoms with Gasteiger partial charge < -0.3 is 5.11 Å². The number of aromatic nitrogens is 3. The summed E-state index contributed by atoms with van der Waals surface area (Å²) >= 11 is 0. The highest BCUT2D eigenvalue weighted by Gasteiger charge is 2.15. The summed E-state index contributed by atoms with van der Waals surface area (Å²) in [6.45, 7) is 3.59. The molecule has 0 aliphatic rings. The summed E-state index contributed by atoms with van der Waals surface area (Å²) in [7, 11) is 0. The third kappa shape index (κ3) is 2.49. The maximum absolute atomic E-state index is 9.97. The third-order valence-electron chi connectivity index (χ3n) is 3.25. The average molecular weight is 276 g/mol. The van der Waals surface area contributed by atoms with Gasteiger partial charge in [-0.1, -0.05) is 59.8 Å². The Morgan fingerprint density at radius 1 is 1.10 bits per heavy atom. The highest BCUT2D eigenvalue weighted by atomic mass is 16.3. The number of rotatable bonds is 4. The second-order valence-corrected chi connectivity index (χ2v) is 4.56. The van der Waals surface area contributed by atoms with Crippen LogP contribution in [0, 0.1) is 6.20 Å². The molecule has 4 heteroatoms. The molecule has 1 radical (unpaired) electrons. The maximum Gasteiger partial charge on any atom is 0.142 e. The molecule has 1 atom stereocenters. The first-order valence-corrected chi connectivity index (χ1v) is 6.60. The lowest BCUT2D eigenvalue weighted by atomic mass is 10.0. The van der Waals surface area contributed by atoms with Crippen molar-refractivity contribution < 1.29 is 5.11 Å².